The molecule has 0 aliphatic heterocycles. The first-order valence-corrected chi connectivity index (χ1v) is 9.91. The lowest BCUT2D eigenvalue weighted by Crippen LogP contribution is -2.18. The van der Waals surface area contributed by atoms with Crippen LogP contribution in [-0.2, 0) is 0 Å². The van der Waals surface area contributed by atoms with Gasteiger partial charge in [-0.1, -0.05) is 19.9 Å². The molecule has 3 rings (SSSR count). The Morgan fingerprint density at radius 2 is 1.71 bits per heavy atom. The number of hydrogen-bond donors (Lipinski definition) is 1. The van der Waals surface area contributed by atoms with Crippen LogP contribution < -0.4 is 0 Å². The number of ketones is 1. The molecule has 1 heterocycles. The van der Waals surface area contributed by atoms with E-state index in [1.807, 2.05) is 6.92 Å². The van der Waals surface area contributed by atoms with Crippen LogP contribution in [0.5, 0.6) is 0 Å². The fourth-order valence-electron chi connectivity index (χ4n) is 3.44. The number of carbonyl (C=O) groups excluding carboxylic acids is 1. The second-order valence-corrected chi connectivity index (χ2v) is 7.29. The summed E-state index contributed by atoms with van der Waals surface area (Å²) >= 11 is 0. The van der Waals surface area contributed by atoms with Gasteiger partial charge in [-0.15, -0.1) is 0 Å². The minimum Gasteiger partial charge on any atom is -0.383 e. The zero-order valence-electron chi connectivity index (χ0n) is 17.1. The number of rotatable bonds is 7. The monoisotopic (exact) mass is 425 g/mol. The Balaban J connectivity index is 2.32. The van der Waals surface area contributed by atoms with Gasteiger partial charge in [0.2, 0.25) is 0 Å². The molecule has 0 fully saturated rings. The third kappa shape index (κ3) is 4.91. The Labute approximate surface area is 178 Å². The van der Waals surface area contributed by atoms with Crippen LogP contribution in [0.4, 0.5) is 13.2 Å². The van der Waals surface area contributed by atoms with Gasteiger partial charge in [0, 0.05) is 40.7 Å². The molecular formula is C25H22F3NO2. The fraction of sp³-hybridized carbons (Fsp3) is 0.200. The number of allylic oxidation sites excluding steroid dienone is 1. The Morgan fingerprint density at radius 1 is 1.03 bits per heavy atom. The Bertz CT molecular complexity index is 1100. The number of Topliss-reactive ketones (excluding diaryl/α,β-unsaturated/α-hetero) is 1. The van der Waals surface area contributed by atoms with Gasteiger partial charge in [0.25, 0.3) is 0 Å². The van der Waals surface area contributed by atoms with Gasteiger partial charge in [-0.05, 0) is 60.4 Å². The molecule has 0 radical (unpaired) electrons. The summed E-state index contributed by atoms with van der Waals surface area (Å²) < 4.78 is 41.8. The fourth-order valence-corrected chi connectivity index (χ4v) is 3.44. The van der Waals surface area contributed by atoms with Crippen molar-refractivity contribution < 1.29 is 23.1 Å². The van der Waals surface area contributed by atoms with Gasteiger partial charge in [0.1, 0.15) is 23.6 Å². The molecule has 3 nitrogen and oxygen atoms in total. The third-order valence-corrected chi connectivity index (χ3v) is 5.24. The molecule has 160 valence electrons. The van der Waals surface area contributed by atoms with E-state index in [0.29, 0.717) is 12.0 Å². The van der Waals surface area contributed by atoms with Gasteiger partial charge >= 0.3 is 0 Å². The van der Waals surface area contributed by atoms with Gasteiger partial charge in [0.05, 0.1) is 0 Å². The van der Waals surface area contributed by atoms with Crippen LogP contribution in [-0.4, -0.2) is 15.9 Å². The topological polar surface area (TPSA) is 50.2 Å². The average Bonchev–Trinajstić information content (AvgIpc) is 2.78. The van der Waals surface area contributed by atoms with Crippen molar-refractivity contribution in [1.82, 2.24) is 4.98 Å². The molecule has 31 heavy (non-hydrogen) atoms. The lowest BCUT2D eigenvalue weighted by atomic mass is 9.81. The maximum atomic E-state index is 14.8. The van der Waals surface area contributed by atoms with Crippen molar-refractivity contribution in [2.24, 2.45) is 5.92 Å². The molecule has 6 heteroatoms. The normalized spacial score (nSPS) is 14.0. The second kappa shape index (κ2) is 9.71. The van der Waals surface area contributed by atoms with Crippen molar-refractivity contribution >= 4 is 11.4 Å². The molecule has 2 atom stereocenters. The van der Waals surface area contributed by atoms with Crippen LogP contribution in [0, 0.1) is 23.4 Å². The van der Waals surface area contributed by atoms with Crippen LogP contribution in [0.25, 0.3) is 5.57 Å². The first-order chi connectivity index (χ1) is 14.8. The summed E-state index contributed by atoms with van der Waals surface area (Å²) in [4.78, 5) is 17.5. The summed E-state index contributed by atoms with van der Waals surface area (Å²) in [6.45, 7) is 3.66. The summed E-state index contributed by atoms with van der Waals surface area (Å²) in [7, 11) is 0. The number of aliphatic hydroxyl groups is 1. The number of hydrogen-bond acceptors (Lipinski definition) is 3. The van der Waals surface area contributed by atoms with Gasteiger partial charge in [-0.2, -0.15) is 0 Å². The molecular weight excluding hydrogens is 403 g/mol. The van der Waals surface area contributed by atoms with E-state index in [1.165, 1.54) is 30.6 Å². The van der Waals surface area contributed by atoms with E-state index >= 15 is 0 Å². The maximum Gasteiger partial charge on any atom is 0.192 e. The van der Waals surface area contributed by atoms with Gasteiger partial charge in [-0.3, -0.25) is 9.78 Å². The maximum absolute atomic E-state index is 14.8. The van der Waals surface area contributed by atoms with Crippen LogP contribution in [0.3, 0.4) is 0 Å². The predicted molar refractivity (Wildman–Crippen MR) is 113 cm³/mol. The molecule has 0 bridgehead atoms. The lowest BCUT2D eigenvalue weighted by molar-refractivity contribution is 0.0987. The quantitative estimate of drug-likeness (QED) is 0.378. The minimum absolute atomic E-state index is 0.0316. The van der Waals surface area contributed by atoms with Crippen molar-refractivity contribution in [3.63, 3.8) is 0 Å². The average molecular weight is 425 g/mol. The zero-order valence-corrected chi connectivity index (χ0v) is 17.1. The highest BCUT2D eigenvalue weighted by Crippen LogP contribution is 2.38. The largest absolute Gasteiger partial charge is 0.383 e. The number of carbonyl (C=O) groups is 1. The van der Waals surface area contributed by atoms with Crippen molar-refractivity contribution in [3.05, 3.63) is 107 Å². The molecule has 0 amide bonds. The molecule has 1 aromatic heterocycles. The van der Waals surface area contributed by atoms with E-state index in [0.717, 1.165) is 24.3 Å². The molecule has 2 aromatic carbocycles. The molecule has 0 saturated carbocycles. The molecule has 0 aliphatic carbocycles. The number of aliphatic hydroxyl groups excluding tert-OH is 1. The second-order valence-electron chi connectivity index (χ2n) is 7.29. The summed E-state index contributed by atoms with van der Waals surface area (Å²) in [5, 5.41) is 11.2. The van der Waals surface area contributed by atoms with E-state index in [2.05, 4.69) is 4.98 Å². The van der Waals surface area contributed by atoms with E-state index < -0.39 is 29.3 Å². The van der Waals surface area contributed by atoms with Crippen molar-refractivity contribution in [2.75, 3.05) is 0 Å². The summed E-state index contributed by atoms with van der Waals surface area (Å²) in [6.07, 6.45) is 2.06. The third-order valence-electron chi connectivity index (χ3n) is 5.24. The van der Waals surface area contributed by atoms with Gasteiger partial charge in [-0.25, -0.2) is 13.2 Å². The molecule has 1 N–H and O–H groups in total. The number of aromatic nitrogens is 1. The SMILES string of the molecule is CCC(C)/C(=C(\C(=O)c1ccc(F)cc1)C(O)c1cccnc1)c1ccc(F)cc1F. The highest BCUT2D eigenvalue weighted by atomic mass is 19.1. The van der Waals surface area contributed by atoms with Gasteiger partial charge < -0.3 is 5.11 Å². The van der Waals surface area contributed by atoms with Crippen molar-refractivity contribution in [3.8, 4) is 0 Å². The molecule has 2 unspecified atom stereocenters. The van der Waals surface area contributed by atoms with Gasteiger partial charge in [0.15, 0.2) is 5.78 Å². The predicted octanol–water partition coefficient (Wildman–Crippen LogP) is 5.92. The minimum atomic E-state index is -1.42. The first-order valence-electron chi connectivity index (χ1n) is 9.91. The first kappa shape index (κ1) is 22.4. The number of pyridine rings is 1. The summed E-state index contributed by atoms with van der Waals surface area (Å²) in [5.41, 5.74) is 0.730. The van der Waals surface area contributed by atoms with Crippen LogP contribution in [0.2, 0.25) is 0 Å². The van der Waals surface area contributed by atoms with Crippen molar-refractivity contribution in [1.29, 1.82) is 0 Å². The summed E-state index contributed by atoms with van der Waals surface area (Å²) in [5.74, 6) is -3.01. The Morgan fingerprint density at radius 3 is 2.29 bits per heavy atom. The van der Waals surface area contributed by atoms with Crippen LogP contribution in [0.15, 0.2) is 72.6 Å². The van der Waals surface area contributed by atoms with Crippen LogP contribution in [0.1, 0.15) is 47.9 Å². The van der Waals surface area contributed by atoms with E-state index in [-0.39, 0.29) is 28.2 Å². The van der Waals surface area contributed by atoms with Crippen molar-refractivity contribution in [2.45, 2.75) is 26.4 Å². The number of halogens is 3. The Hall–Kier alpha value is -3.25. The van der Waals surface area contributed by atoms with E-state index in [1.54, 1.807) is 19.1 Å². The summed E-state index contributed by atoms with van der Waals surface area (Å²) in [6, 6.07) is 11.2. The van der Waals surface area contributed by atoms with E-state index in [9.17, 15) is 23.1 Å². The molecule has 0 aliphatic rings. The molecule has 0 saturated heterocycles. The molecule has 0 spiro atoms. The Kier molecular flexibility index (Phi) is 7.02. The standard InChI is InChI=1S/C25H22F3NO2/c1-3-15(2)22(20-11-10-19(27)13-21(20)28)23(25(31)17-5-4-12-29-14-17)24(30)16-6-8-18(26)9-7-16/h4-15,25,31H,3H2,1-2H3/b23-22-. The van der Waals surface area contributed by atoms with E-state index in [4.69, 9.17) is 0 Å². The van der Waals surface area contributed by atoms with Crippen LogP contribution >= 0.6 is 0 Å². The lowest BCUT2D eigenvalue weighted by Gasteiger charge is -2.24. The molecule has 3 aromatic rings. The number of benzene rings is 2. The highest BCUT2D eigenvalue weighted by Gasteiger charge is 2.30. The zero-order chi connectivity index (χ0) is 22.5. The smallest absolute Gasteiger partial charge is 0.192 e. The highest BCUT2D eigenvalue weighted by molar-refractivity contribution is 6.14. The number of nitrogens with zero attached hydrogens (tertiary/aromatic N) is 1.